The van der Waals surface area contributed by atoms with Crippen LogP contribution < -0.4 is 0 Å². The lowest BCUT2D eigenvalue weighted by atomic mass is 10.1. The summed E-state index contributed by atoms with van der Waals surface area (Å²) in [5.74, 6) is -0.528. The zero-order valence-corrected chi connectivity index (χ0v) is 8.73. The maximum Gasteiger partial charge on any atom is 0.395 e. The summed E-state index contributed by atoms with van der Waals surface area (Å²) in [6.45, 7) is 7.06. The molecule has 0 aliphatic rings. The van der Waals surface area contributed by atoms with E-state index in [1.54, 1.807) is 6.20 Å². The molecule has 0 radical (unpaired) electrons. The van der Waals surface area contributed by atoms with Gasteiger partial charge in [0.2, 0.25) is 0 Å². The Morgan fingerprint density at radius 1 is 1.50 bits per heavy atom. The number of carbonyl (C=O) groups is 1. The number of H-pyrrole nitrogens is 1. The normalized spacial score (nSPS) is 12.0. The summed E-state index contributed by atoms with van der Waals surface area (Å²) in [7, 11) is 1.29. The van der Waals surface area contributed by atoms with Crippen molar-refractivity contribution in [1.82, 2.24) is 4.98 Å². The van der Waals surface area contributed by atoms with Crippen molar-refractivity contribution in [2.75, 3.05) is 7.11 Å². The van der Waals surface area contributed by atoms with Gasteiger partial charge < -0.3 is 9.72 Å². The largest absolute Gasteiger partial charge is 0.463 e. The van der Waals surface area contributed by atoms with Crippen LogP contribution in [0.2, 0.25) is 0 Å². The fourth-order valence-electron chi connectivity index (χ4n) is 1.68. The number of benzene rings is 1. The van der Waals surface area contributed by atoms with E-state index in [4.69, 9.17) is 6.57 Å². The highest BCUT2D eigenvalue weighted by Crippen LogP contribution is 2.27. The molecule has 1 unspecified atom stereocenters. The van der Waals surface area contributed by atoms with Crippen LogP contribution in [-0.2, 0) is 9.53 Å². The first-order valence-corrected chi connectivity index (χ1v) is 4.78. The predicted octanol–water partition coefficient (Wildman–Crippen LogP) is 2.30. The SMILES string of the molecule is [C-]#[N+]C(C(=O)OC)c1c[nH]c2ccccc12. The number of carbonyl (C=O) groups excluding carboxylic acids is 1. The molecule has 2 rings (SSSR count). The Morgan fingerprint density at radius 3 is 2.94 bits per heavy atom. The maximum atomic E-state index is 11.4. The fourth-order valence-corrected chi connectivity index (χ4v) is 1.68. The molecule has 0 aliphatic heterocycles. The van der Waals surface area contributed by atoms with Crippen LogP contribution in [0.3, 0.4) is 0 Å². The standard InChI is InChI=1S/C12H10N2O2/c1-13-11(12(15)16-2)9-7-14-10-6-4-3-5-8(9)10/h3-7,11,14H,2H3. The van der Waals surface area contributed by atoms with Crippen molar-refractivity contribution >= 4 is 16.9 Å². The van der Waals surface area contributed by atoms with E-state index in [2.05, 4.69) is 14.6 Å². The van der Waals surface area contributed by atoms with Gasteiger partial charge >= 0.3 is 12.0 Å². The molecule has 80 valence electrons. The quantitative estimate of drug-likeness (QED) is 0.616. The first-order valence-electron chi connectivity index (χ1n) is 4.78. The van der Waals surface area contributed by atoms with Crippen LogP contribution >= 0.6 is 0 Å². The molecular formula is C12H10N2O2. The fraction of sp³-hybridized carbons (Fsp3) is 0.167. The van der Waals surface area contributed by atoms with E-state index in [0.717, 1.165) is 10.9 Å². The number of esters is 1. The number of rotatable bonds is 2. The summed E-state index contributed by atoms with van der Waals surface area (Å²) in [4.78, 5) is 17.8. The Bertz CT molecular complexity index is 566. The van der Waals surface area contributed by atoms with Crippen molar-refractivity contribution in [2.24, 2.45) is 0 Å². The third-order valence-corrected chi connectivity index (χ3v) is 2.47. The molecule has 0 saturated heterocycles. The van der Waals surface area contributed by atoms with Crippen molar-refractivity contribution in [2.45, 2.75) is 6.04 Å². The molecule has 0 bridgehead atoms. The minimum Gasteiger partial charge on any atom is -0.463 e. The molecule has 1 heterocycles. The van der Waals surface area contributed by atoms with Crippen LogP contribution in [0.5, 0.6) is 0 Å². The molecule has 0 saturated carbocycles. The number of nitrogens with one attached hydrogen (secondary N) is 1. The molecule has 0 amide bonds. The lowest BCUT2D eigenvalue weighted by molar-refractivity contribution is -0.141. The molecule has 1 atom stereocenters. The smallest absolute Gasteiger partial charge is 0.395 e. The molecule has 1 N–H and O–H groups in total. The highest BCUT2D eigenvalue weighted by atomic mass is 16.5. The van der Waals surface area contributed by atoms with Crippen LogP contribution in [0.15, 0.2) is 30.5 Å². The second-order valence-electron chi connectivity index (χ2n) is 3.34. The van der Waals surface area contributed by atoms with Gasteiger partial charge in [-0.25, -0.2) is 11.4 Å². The summed E-state index contributed by atoms with van der Waals surface area (Å²) in [5.41, 5.74) is 1.58. The second-order valence-corrected chi connectivity index (χ2v) is 3.34. The van der Waals surface area contributed by atoms with Crippen LogP contribution in [0.4, 0.5) is 0 Å². The number of hydrogen-bond acceptors (Lipinski definition) is 2. The summed E-state index contributed by atoms with van der Waals surface area (Å²) < 4.78 is 4.61. The second kappa shape index (κ2) is 4.07. The highest BCUT2D eigenvalue weighted by molar-refractivity contribution is 5.90. The summed E-state index contributed by atoms with van der Waals surface area (Å²) >= 11 is 0. The number of methoxy groups -OCH3 is 1. The van der Waals surface area contributed by atoms with E-state index in [9.17, 15) is 4.79 Å². The monoisotopic (exact) mass is 214 g/mol. The van der Waals surface area contributed by atoms with Gasteiger partial charge in [0.1, 0.15) is 0 Å². The number of nitrogens with zero attached hydrogens (tertiary/aromatic N) is 1. The first-order chi connectivity index (χ1) is 7.77. The van der Waals surface area contributed by atoms with Crippen molar-refractivity contribution in [3.05, 3.63) is 47.4 Å². The molecule has 4 nitrogen and oxygen atoms in total. The minimum atomic E-state index is -0.888. The Labute approximate surface area is 92.7 Å². The lowest BCUT2D eigenvalue weighted by Crippen LogP contribution is -2.10. The van der Waals surface area contributed by atoms with Gasteiger partial charge in [0, 0.05) is 17.1 Å². The summed E-state index contributed by atoms with van der Waals surface area (Å²) in [6, 6.07) is 6.66. The number of aromatic amines is 1. The van der Waals surface area contributed by atoms with Crippen LogP contribution in [0, 0.1) is 6.57 Å². The van der Waals surface area contributed by atoms with Gasteiger partial charge in [-0.15, -0.1) is 0 Å². The van der Waals surface area contributed by atoms with Gasteiger partial charge in [-0.2, -0.15) is 0 Å². The zero-order valence-electron chi connectivity index (χ0n) is 8.73. The Kier molecular flexibility index (Phi) is 2.61. The van der Waals surface area contributed by atoms with E-state index in [0.29, 0.717) is 5.56 Å². The van der Waals surface area contributed by atoms with Crippen molar-refractivity contribution in [3.63, 3.8) is 0 Å². The minimum absolute atomic E-state index is 0.528. The van der Waals surface area contributed by atoms with E-state index >= 15 is 0 Å². The van der Waals surface area contributed by atoms with Gasteiger partial charge in [-0.1, -0.05) is 18.2 Å². The topological polar surface area (TPSA) is 46.5 Å². The number of para-hydroxylation sites is 1. The number of ether oxygens (including phenoxy) is 1. The van der Waals surface area contributed by atoms with Gasteiger partial charge in [0.25, 0.3) is 0 Å². The molecule has 16 heavy (non-hydrogen) atoms. The van der Waals surface area contributed by atoms with E-state index < -0.39 is 12.0 Å². The van der Waals surface area contributed by atoms with Gasteiger partial charge in [-0.3, -0.25) is 4.85 Å². The average molecular weight is 214 g/mol. The van der Waals surface area contributed by atoms with E-state index in [1.807, 2.05) is 24.3 Å². The van der Waals surface area contributed by atoms with Crippen molar-refractivity contribution in [1.29, 1.82) is 0 Å². The van der Waals surface area contributed by atoms with Crippen LogP contribution in [-0.4, -0.2) is 18.1 Å². The third kappa shape index (κ3) is 1.52. The maximum absolute atomic E-state index is 11.4. The molecule has 0 spiro atoms. The van der Waals surface area contributed by atoms with Crippen molar-refractivity contribution < 1.29 is 9.53 Å². The zero-order chi connectivity index (χ0) is 11.5. The molecular weight excluding hydrogens is 204 g/mol. The number of aromatic nitrogens is 1. The summed E-state index contributed by atoms with van der Waals surface area (Å²) in [6.07, 6.45) is 1.68. The average Bonchev–Trinajstić information content (AvgIpc) is 2.74. The van der Waals surface area contributed by atoms with Crippen molar-refractivity contribution in [3.8, 4) is 0 Å². The molecule has 4 heteroatoms. The van der Waals surface area contributed by atoms with E-state index in [-0.39, 0.29) is 0 Å². The van der Waals surface area contributed by atoms with Crippen LogP contribution in [0.1, 0.15) is 11.6 Å². The number of fused-ring (bicyclic) bond motifs is 1. The number of hydrogen-bond donors (Lipinski definition) is 1. The van der Waals surface area contributed by atoms with E-state index in [1.165, 1.54) is 7.11 Å². The summed E-state index contributed by atoms with van der Waals surface area (Å²) in [5, 5.41) is 0.883. The predicted molar refractivity (Wildman–Crippen MR) is 59.7 cm³/mol. The Balaban J connectivity index is 2.54. The Hall–Kier alpha value is -2.28. The first kappa shape index (κ1) is 10.2. The molecule has 0 fully saturated rings. The van der Waals surface area contributed by atoms with Gasteiger partial charge in [-0.05, 0) is 6.07 Å². The third-order valence-electron chi connectivity index (χ3n) is 2.47. The molecule has 0 aliphatic carbocycles. The lowest BCUT2D eigenvalue weighted by Gasteiger charge is -2.01. The Morgan fingerprint density at radius 2 is 2.25 bits per heavy atom. The molecule has 2 aromatic rings. The van der Waals surface area contributed by atoms with Crippen LogP contribution in [0.25, 0.3) is 15.7 Å². The highest BCUT2D eigenvalue weighted by Gasteiger charge is 2.29. The molecule has 1 aromatic carbocycles. The van der Waals surface area contributed by atoms with Gasteiger partial charge in [0.05, 0.1) is 12.7 Å². The van der Waals surface area contributed by atoms with Gasteiger partial charge in [0.15, 0.2) is 0 Å². The molecule has 1 aromatic heterocycles.